The minimum absolute atomic E-state index is 0.106. The van der Waals surface area contributed by atoms with Crippen LogP contribution < -0.4 is 15.4 Å². The lowest BCUT2D eigenvalue weighted by Crippen LogP contribution is -2.22. The maximum absolute atomic E-state index is 12.6. The molecule has 0 aliphatic rings. The van der Waals surface area contributed by atoms with Crippen molar-refractivity contribution >= 4 is 17.5 Å². The first-order valence-electron chi connectivity index (χ1n) is 11.5. The van der Waals surface area contributed by atoms with E-state index >= 15 is 0 Å². The summed E-state index contributed by atoms with van der Waals surface area (Å²) < 4.78 is 17.0. The Kier molecular flexibility index (Phi) is 6.76. The van der Waals surface area contributed by atoms with Crippen molar-refractivity contribution in [1.29, 1.82) is 0 Å². The molecule has 0 unspecified atom stereocenters. The number of nitrogens with one attached hydrogen (secondary N) is 2. The van der Waals surface area contributed by atoms with Crippen LogP contribution in [-0.4, -0.2) is 21.8 Å². The molecule has 0 atom stereocenters. The molecule has 0 radical (unpaired) electrons. The second-order valence-corrected chi connectivity index (χ2v) is 7.95. The number of oxazole rings is 1. The molecule has 0 bridgehead atoms. The van der Waals surface area contributed by atoms with E-state index in [4.69, 9.17) is 13.6 Å². The van der Waals surface area contributed by atoms with E-state index in [9.17, 15) is 9.59 Å². The van der Waals surface area contributed by atoms with Gasteiger partial charge in [-0.1, -0.05) is 36.4 Å². The second-order valence-electron chi connectivity index (χ2n) is 7.95. The van der Waals surface area contributed by atoms with E-state index in [1.165, 1.54) is 6.07 Å². The standard InChI is InChI=1S/C28H22N4O5/c1-18-23(17-30-27(34)24-14-15-25(37-24)36-19-9-3-2-4-10-19)32-28(35-18)20-11-5-6-12-21(20)31-26(33)22-13-7-8-16-29-22/h2-16H,17H2,1H3,(H,30,34)(H,31,33). The topological polar surface area (TPSA) is 119 Å². The van der Waals surface area contributed by atoms with Gasteiger partial charge in [-0.05, 0) is 49.4 Å². The Morgan fingerprint density at radius 1 is 0.865 bits per heavy atom. The Bertz CT molecular complexity index is 1530. The number of hydrogen-bond acceptors (Lipinski definition) is 7. The summed E-state index contributed by atoms with van der Waals surface area (Å²) >= 11 is 0. The Balaban J connectivity index is 1.26. The highest BCUT2D eigenvalue weighted by molar-refractivity contribution is 6.04. The molecule has 0 saturated heterocycles. The molecule has 2 amide bonds. The molecule has 2 aromatic carbocycles. The van der Waals surface area contributed by atoms with Crippen molar-refractivity contribution in [3.8, 4) is 23.1 Å². The highest BCUT2D eigenvalue weighted by Gasteiger charge is 2.18. The van der Waals surface area contributed by atoms with E-state index in [1.807, 2.05) is 24.3 Å². The predicted molar refractivity (Wildman–Crippen MR) is 135 cm³/mol. The molecular weight excluding hydrogens is 472 g/mol. The summed E-state index contributed by atoms with van der Waals surface area (Å²) in [6, 6.07) is 24.5. The van der Waals surface area contributed by atoms with Gasteiger partial charge in [0.05, 0.1) is 17.8 Å². The van der Waals surface area contributed by atoms with E-state index < -0.39 is 5.91 Å². The van der Waals surface area contributed by atoms with Gasteiger partial charge in [-0.2, -0.15) is 0 Å². The van der Waals surface area contributed by atoms with Gasteiger partial charge in [0.2, 0.25) is 5.89 Å². The number of amides is 2. The monoisotopic (exact) mass is 494 g/mol. The van der Waals surface area contributed by atoms with E-state index in [-0.39, 0.29) is 24.2 Å². The normalized spacial score (nSPS) is 10.6. The molecule has 5 rings (SSSR count). The van der Waals surface area contributed by atoms with Crippen LogP contribution in [0.5, 0.6) is 11.7 Å². The van der Waals surface area contributed by atoms with Crippen LogP contribution in [0.4, 0.5) is 5.69 Å². The van der Waals surface area contributed by atoms with Gasteiger partial charge >= 0.3 is 0 Å². The van der Waals surface area contributed by atoms with Crippen molar-refractivity contribution in [1.82, 2.24) is 15.3 Å². The number of hydrogen-bond donors (Lipinski definition) is 2. The number of para-hydroxylation sites is 2. The lowest BCUT2D eigenvalue weighted by Gasteiger charge is -2.08. The summed E-state index contributed by atoms with van der Waals surface area (Å²) in [6.45, 7) is 1.87. The minimum atomic E-state index is -0.421. The van der Waals surface area contributed by atoms with Crippen LogP contribution in [-0.2, 0) is 6.54 Å². The number of furan rings is 1. The van der Waals surface area contributed by atoms with Gasteiger partial charge in [0.25, 0.3) is 17.8 Å². The summed E-state index contributed by atoms with van der Waals surface area (Å²) in [5.41, 5.74) is 1.96. The molecule has 0 saturated carbocycles. The first kappa shape index (κ1) is 23.6. The van der Waals surface area contributed by atoms with Crippen molar-refractivity contribution in [2.24, 2.45) is 0 Å². The number of pyridine rings is 1. The fourth-order valence-electron chi connectivity index (χ4n) is 3.52. The average molecular weight is 495 g/mol. The molecule has 9 nitrogen and oxygen atoms in total. The van der Waals surface area contributed by atoms with Crippen LogP contribution in [0.3, 0.4) is 0 Å². The third-order valence-corrected chi connectivity index (χ3v) is 5.38. The van der Waals surface area contributed by atoms with Gasteiger partial charge in [0.15, 0.2) is 5.76 Å². The second kappa shape index (κ2) is 10.6. The third-order valence-electron chi connectivity index (χ3n) is 5.38. The molecule has 5 aromatic rings. The zero-order valence-corrected chi connectivity index (χ0v) is 19.8. The molecule has 9 heteroatoms. The largest absolute Gasteiger partial charge is 0.441 e. The molecule has 3 heterocycles. The lowest BCUT2D eigenvalue weighted by atomic mass is 10.1. The highest BCUT2D eigenvalue weighted by Crippen LogP contribution is 2.29. The minimum Gasteiger partial charge on any atom is -0.441 e. The third kappa shape index (κ3) is 5.57. The maximum Gasteiger partial charge on any atom is 0.290 e. The number of nitrogens with zero attached hydrogens (tertiary/aromatic N) is 2. The number of anilines is 1. The zero-order chi connectivity index (χ0) is 25.6. The van der Waals surface area contributed by atoms with E-state index in [0.29, 0.717) is 40.0 Å². The summed E-state index contributed by atoms with van der Waals surface area (Å²) in [6.07, 6.45) is 1.55. The molecule has 0 fully saturated rings. The van der Waals surface area contributed by atoms with Crippen LogP contribution in [0.2, 0.25) is 0 Å². The van der Waals surface area contributed by atoms with E-state index in [0.717, 1.165) is 0 Å². The van der Waals surface area contributed by atoms with Gasteiger partial charge in [-0.25, -0.2) is 4.98 Å². The lowest BCUT2D eigenvalue weighted by molar-refractivity contribution is 0.0917. The number of rotatable bonds is 8. The van der Waals surface area contributed by atoms with Gasteiger partial charge in [-0.3, -0.25) is 14.6 Å². The van der Waals surface area contributed by atoms with Crippen molar-refractivity contribution < 1.29 is 23.2 Å². The average Bonchev–Trinajstić information content (AvgIpc) is 3.55. The Morgan fingerprint density at radius 2 is 1.65 bits per heavy atom. The van der Waals surface area contributed by atoms with Crippen LogP contribution in [0.25, 0.3) is 11.5 Å². The first-order valence-corrected chi connectivity index (χ1v) is 11.5. The highest BCUT2D eigenvalue weighted by atomic mass is 16.6. The number of ether oxygens (including phenoxy) is 1. The summed E-state index contributed by atoms with van der Waals surface area (Å²) in [5, 5.41) is 5.63. The fourth-order valence-corrected chi connectivity index (χ4v) is 3.52. The smallest absolute Gasteiger partial charge is 0.290 e. The number of aryl methyl sites for hydroxylation is 1. The van der Waals surface area contributed by atoms with Crippen molar-refractivity contribution in [2.75, 3.05) is 5.32 Å². The van der Waals surface area contributed by atoms with E-state index in [2.05, 4.69) is 20.6 Å². The van der Waals surface area contributed by atoms with Crippen LogP contribution in [0, 0.1) is 6.92 Å². The molecule has 0 aliphatic heterocycles. The molecule has 184 valence electrons. The molecule has 0 aliphatic carbocycles. The van der Waals surface area contributed by atoms with Crippen LogP contribution >= 0.6 is 0 Å². The first-order chi connectivity index (χ1) is 18.1. The van der Waals surface area contributed by atoms with Crippen molar-refractivity contribution in [3.05, 3.63) is 114 Å². The summed E-state index contributed by atoms with van der Waals surface area (Å²) in [7, 11) is 0. The van der Waals surface area contributed by atoms with Crippen molar-refractivity contribution in [2.45, 2.75) is 13.5 Å². The van der Waals surface area contributed by atoms with Gasteiger partial charge in [-0.15, -0.1) is 0 Å². The Labute approximate surface area is 212 Å². The number of carbonyl (C=O) groups excluding carboxylic acids is 2. The van der Waals surface area contributed by atoms with Crippen LogP contribution in [0.1, 0.15) is 32.5 Å². The Morgan fingerprint density at radius 3 is 2.46 bits per heavy atom. The molecule has 3 aromatic heterocycles. The van der Waals surface area contributed by atoms with Gasteiger partial charge in [0.1, 0.15) is 22.9 Å². The number of benzene rings is 2. The maximum atomic E-state index is 12.6. The summed E-state index contributed by atoms with van der Waals surface area (Å²) in [5.74, 6) is 0.998. The van der Waals surface area contributed by atoms with Crippen LogP contribution in [0.15, 0.2) is 100.0 Å². The molecule has 2 N–H and O–H groups in total. The SMILES string of the molecule is Cc1oc(-c2ccccc2NC(=O)c2ccccn2)nc1CNC(=O)c1ccc(Oc2ccccc2)o1. The Hall–Kier alpha value is -5.18. The molecule has 0 spiro atoms. The number of carbonyl (C=O) groups is 2. The predicted octanol–water partition coefficient (Wildman–Crippen LogP) is 5.61. The summed E-state index contributed by atoms with van der Waals surface area (Å²) in [4.78, 5) is 33.8. The van der Waals surface area contributed by atoms with Crippen molar-refractivity contribution in [3.63, 3.8) is 0 Å². The molecular formula is C28H22N4O5. The fraction of sp³-hybridized carbons (Fsp3) is 0.0714. The van der Waals surface area contributed by atoms with Gasteiger partial charge < -0.3 is 24.2 Å². The number of aromatic nitrogens is 2. The quantitative estimate of drug-likeness (QED) is 0.288. The van der Waals surface area contributed by atoms with Gasteiger partial charge in [0, 0.05) is 12.3 Å². The zero-order valence-electron chi connectivity index (χ0n) is 19.8. The molecule has 37 heavy (non-hydrogen) atoms. The van der Waals surface area contributed by atoms with E-state index in [1.54, 1.807) is 67.7 Å².